The predicted octanol–water partition coefficient (Wildman–Crippen LogP) is 1.71. The van der Waals surface area contributed by atoms with Crippen LogP contribution in [0.1, 0.15) is 46.5 Å². The van der Waals surface area contributed by atoms with E-state index in [9.17, 15) is 4.79 Å². The molecule has 3 aliphatic rings. The number of nitrogens with one attached hydrogen (secondary N) is 1. The van der Waals surface area contributed by atoms with E-state index in [1.54, 1.807) is 0 Å². The number of carbonyl (C=O) groups excluding carboxylic acids is 1. The molecule has 0 aromatic carbocycles. The van der Waals surface area contributed by atoms with Crippen LogP contribution in [-0.4, -0.2) is 60.0 Å². The summed E-state index contributed by atoms with van der Waals surface area (Å²) >= 11 is 0. The summed E-state index contributed by atoms with van der Waals surface area (Å²) in [6.07, 6.45) is 4.76. The molecule has 4 nitrogen and oxygen atoms in total. The molecule has 3 unspecified atom stereocenters. The number of likely N-dealkylation sites (tertiary alicyclic amines) is 2. The number of carbonyl (C=O) groups is 1. The maximum absolute atomic E-state index is 12.8. The van der Waals surface area contributed by atoms with Gasteiger partial charge in [0.2, 0.25) is 5.91 Å². The van der Waals surface area contributed by atoms with Crippen LogP contribution in [0.15, 0.2) is 0 Å². The Bertz CT molecular complexity index is 395. The molecule has 3 heterocycles. The molecule has 3 rings (SSSR count). The summed E-state index contributed by atoms with van der Waals surface area (Å²) in [7, 11) is 0. The lowest BCUT2D eigenvalue weighted by molar-refractivity contribution is -0.137. The molecule has 0 radical (unpaired) electrons. The Morgan fingerprint density at radius 3 is 2.81 bits per heavy atom. The van der Waals surface area contributed by atoms with Crippen molar-refractivity contribution in [3.8, 4) is 0 Å². The first-order valence-electron chi connectivity index (χ1n) is 8.79. The number of fused-ring (bicyclic) bond motifs is 1. The van der Waals surface area contributed by atoms with Gasteiger partial charge < -0.3 is 10.2 Å². The minimum atomic E-state index is 0.154. The van der Waals surface area contributed by atoms with Crippen molar-refractivity contribution in [3.05, 3.63) is 0 Å². The van der Waals surface area contributed by atoms with Crippen LogP contribution in [-0.2, 0) is 4.79 Å². The fraction of sp³-hybridized carbons (Fsp3) is 0.941. The van der Waals surface area contributed by atoms with Crippen molar-refractivity contribution < 1.29 is 4.79 Å². The number of hydrogen-bond acceptors (Lipinski definition) is 3. The van der Waals surface area contributed by atoms with Gasteiger partial charge in [-0.2, -0.15) is 0 Å². The second-order valence-electron chi connectivity index (χ2n) is 7.70. The van der Waals surface area contributed by atoms with E-state index in [4.69, 9.17) is 0 Å². The Balaban J connectivity index is 1.64. The molecule has 0 aliphatic carbocycles. The molecule has 3 fully saturated rings. The largest absolute Gasteiger partial charge is 0.339 e. The normalized spacial score (nSPS) is 36.0. The standard InChI is InChI=1S/C17H31N3O/c1-4-14-7-5-6-8-20(14)16(21)12-19-11-13-9-18-10-15(13)17(19,2)3/h13-15,18H,4-12H2,1-3H3. The van der Waals surface area contributed by atoms with E-state index in [0.29, 0.717) is 24.4 Å². The first kappa shape index (κ1) is 15.3. The van der Waals surface area contributed by atoms with Crippen LogP contribution in [0.2, 0.25) is 0 Å². The average molecular weight is 293 g/mol. The van der Waals surface area contributed by atoms with Crippen LogP contribution in [0.25, 0.3) is 0 Å². The fourth-order valence-corrected chi connectivity index (χ4v) is 4.78. The fourth-order valence-electron chi connectivity index (χ4n) is 4.78. The summed E-state index contributed by atoms with van der Waals surface area (Å²) in [4.78, 5) is 17.4. The highest BCUT2D eigenvalue weighted by Gasteiger charge is 2.50. The van der Waals surface area contributed by atoms with Crippen molar-refractivity contribution in [1.29, 1.82) is 0 Å². The van der Waals surface area contributed by atoms with Crippen molar-refractivity contribution in [3.63, 3.8) is 0 Å². The van der Waals surface area contributed by atoms with E-state index in [1.165, 1.54) is 19.3 Å². The Morgan fingerprint density at radius 2 is 2.10 bits per heavy atom. The molecule has 4 heteroatoms. The van der Waals surface area contributed by atoms with Gasteiger partial charge in [-0.25, -0.2) is 0 Å². The SMILES string of the molecule is CCC1CCCCN1C(=O)CN1CC2CNCC2C1(C)C. The molecular formula is C17H31N3O. The Labute approximate surface area is 129 Å². The maximum atomic E-state index is 12.8. The van der Waals surface area contributed by atoms with Gasteiger partial charge in [0.05, 0.1) is 6.54 Å². The second kappa shape index (κ2) is 5.88. The first-order chi connectivity index (χ1) is 10.0. The molecule has 21 heavy (non-hydrogen) atoms. The zero-order chi connectivity index (χ0) is 15.0. The smallest absolute Gasteiger partial charge is 0.237 e. The molecule has 3 aliphatic heterocycles. The predicted molar refractivity (Wildman–Crippen MR) is 85.1 cm³/mol. The Kier molecular flexibility index (Phi) is 4.28. The summed E-state index contributed by atoms with van der Waals surface area (Å²) < 4.78 is 0. The highest BCUT2D eigenvalue weighted by Crippen LogP contribution is 2.40. The molecule has 0 bridgehead atoms. The molecule has 0 aromatic heterocycles. The lowest BCUT2D eigenvalue weighted by Crippen LogP contribution is -2.52. The van der Waals surface area contributed by atoms with E-state index >= 15 is 0 Å². The number of nitrogens with zero attached hydrogens (tertiary/aromatic N) is 2. The average Bonchev–Trinajstić information content (AvgIpc) is 3.02. The van der Waals surface area contributed by atoms with Crippen molar-refractivity contribution >= 4 is 5.91 Å². The van der Waals surface area contributed by atoms with Gasteiger partial charge in [-0.15, -0.1) is 0 Å². The minimum absolute atomic E-state index is 0.154. The van der Waals surface area contributed by atoms with Crippen LogP contribution in [0.3, 0.4) is 0 Å². The summed E-state index contributed by atoms with van der Waals surface area (Å²) in [5.74, 6) is 1.80. The van der Waals surface area contributed by atoms with E-state index in [0.717, 1.165) is 38.5 Å². The molecule has 0 aromatic rings. The van der Waals surface area contributed by atoms with Crippen LogP contribution < -0.4 is 5.32 Å². The van der Waals surface area contributed by atoms with Gasteiger partial charge in [-0.3, -0.25) is 9.69 Å². The first-order valence-corrected chi connectivity index (χ1v) is 8.79. The third-order valence-electron chi connectivity index (χ3n) is 6.26. The summed E-state index contributed by atoms with van der Waals surface area (Å²) in [6, 6.07) is 0.484. The van der Waals surface area contributed by atoms with Crippen molar-refractivity contribution in [2.45, 2.75) is 58.0 Å². The Morgan fingerprint density at radius 1 is 1.29 bits per heavy atom. The van der Waals surface area contributed by atoms with E-state index in [1.807, 2.05) is 0 Å². The Hall–Kier alpha value is -0.610. The van der Waals surface area contributed by atoms with Gasteiger partial charge in [0.1, 0.15) is 0 Å². The van der Waals surface area contributed by atoms with Crippen molar-refractivity contribution in [1.82, 2.24) is 15.1 Å². The van der Waals surface area contributed by atoms with Crippen LogP contribution in [0.5, 0.6) is 0 Å². The number of rotatable bonds is 3. The van der Waals surface area contributed by atoms with Crippen LogP contribution in [0.4, 0.5) is 0 Å². The monoisotopic (exact) mass is 293 g/mol. The number of amides is 1. The lowest BCUT2D eigenvalue weighted by Gasteiger charge is -2.39. The topological polar surface area (TPSA) is 35.6 Å². The number of hydrogen-bond donors (Lipinski definition) is 1. The quantitative estimate of drug-likeness (QED) is 0.860. The second-order valence-corrected chi connectivity index (χ2v) is 7.70. The van der Waals surface area contributed by atoms with E-state index < -0.39 is 0 Å². The van der Waals surface area contributed by atoms with E-state index in [2.05, 4.69) is 35.9 Å². The molecule has 3 saturated heterocycles. The summed E-state index contributed by atoms with van der Waals surface area (Å²) in [6.45, 7) is 11.8. The molecule has 0 saturated carbocycles. The molecule has 120 valence electrons. The highest BCUT2D eigenvalue weighted by molar-refractivity contribution is 5.79. The zero-order valence-electron chi connectivity index (χ0n) is 13.9. The van der Waals surface area contributed by atoms with Crippen molar-refractivity contribution in [2.24, 2.45) is 11.8 Å². The maximum Gasteiger partial charge on any atom is 0.237 e. The van der Waals surface area contributed by atoms with Gasteiger partial charge in [-0.05, 0) is 57.9 Å². The number of piperidine rings is 1. The van der Waals surface area contributed by atoms with Crippen LogP contribution >= 0.6 is 0 Å². The summed E-state index contributed by atoms with van der Waals surface area (Å²) in [5, 5.41) is 3.51. The minimum Gasteiger partial charge on any atom is -0.339 e. The molecular weight excluding hydrogens is 262 g/mol. The van der Waals surface area contributed by atoms with Gasteiger partial charge in [-0.1, -0.05) is 6.92 Å². The zero-order valence-corrected chi connectivity index (χ0v) is 13.9. The van der Waals surface area contributed by atoms with Gasteiger partial charge in [0, 0.05) is 31.2 Å². The lowest BCUT2D eigenvalue weighted by atomic mass is 9.85. The van der Waals surface area contributed by atoms with Crippen LogP contribution in [0, 0.1) is 11.8 Å². The molecule has 0 spiro atoms. The highest BCUT2D eigenvalue weighted by atomic mass is 16.2. The third-order valence-corrected chi connectivity index (χ3v) is 6.26. The van der Waals surface area contributed by atoms with Crippen molar-refractivity contribution in [2.75, 3.05) is 32.7 Å². The molecule has 3 atom stereocenters. The van der Waals surface area contributed by atoms with Gasteiger partial charge in [0.25, 0.3) is 0 Å². The molecule has 1 amide bonds. The van der Waals surface area contributed by atoms with Gasteiger partial charge in [0.15, 0.2) is 0 Å². The third kappa shape index (κ3) is 2.72. The van der Waals surface area contributed by atoms with Gasteiger partial charge >= 0.3 is 0 Å². The summed E-state index contributed by atoms with van der Waals surface area (Å²) in [5.41, 5.74) is 0.154. The molecule has 1 N–H and O–H groups in total. The van der Waals surface area contributed by atoms with E-state index in [-0.39, 0.29) is 5.54 Å².